The van der Waals surface area contributed by atoms with Gasteiger partial charge in [-0.3, -0.25) is 0 Å². The van der Waals surface area contributed by atoms with Crippen molar-refractivity contribution in [1.82, 2.24) is 0 Å². The molecule has 0 aliphatic rings. The van der Waals surface area contributed by atoms with Crippen LogP contribution >= 0.6 is 0 Å². The highest BCUT2D eigenvalue weighted by atomic mass is 14.3. The van der Waals surface area contributed by atoms with Crippen LogP contribution < -0.4 is 0 Å². The summed E-state index contributed by atoms with van der Waals surface area (Å²) >= 11 is 0. The van der Waals surface area contributed by atoms with Crippen molar-refractivity contribution in [2.75, 3.05) is 0 Å². The van der Waals surface area contributed by atoms with Crippen LogP contribution in [0.4, 0.5) is 0 Å². The summed E-state index contributed by atoms with van der Waals surface area (Å²) in [5.41, 5.74) is 7.54. The topological polar surface area (TPSA) is 0 Å². The molecule has 0 spiro atoms. The minimum Gasteiger partial charge on any atom is -0.0546 e. The van der Waals surface area contributed by atoms with Crippen LogP contribution in [0.1, 0.15) is 47.2 Å². The van der Waals surface area contributed by atoms with E-state index < -0.39 is 0 Å². The third kappa shape index (κ3) is 2.89. The Kier molecular flexibility index (Phi) is 3.54. The van der Waals surface area contributed by atoms with Crippen molar-refractivity contribution in [3.05, 3.63) is 69.8 Å². The maximum atomic E-state index is 3.35. The lowest BCUT2D eigenvalue weighted by Gasteiger charge is -2.27. The highest BCUT2D eigenvalue weighted by molar-refractivity contribution is 5.43. The van der Waals surface area contributed by atoms with Crippen LogP contribution in [-0.4, -0.2) is 0 Å². The first-order valence-corrected chi connectivity index (χ1v) is 6.81. The molecule has 0 heterocycles. The van der Waals surface area contributed by atoms with Crippen LogP contribution in [0.2, 0.25) is 0 Å². The first-order valence-electron chi connectivity index (χ1n) is 6.81. The lowest BCUT2D eigenvalue weighted by Crippen LogP contribution is -2.19. The Balaban J connectivity index is 2.57. The number of aryl methyl sites for hydroxylation is 4. The second kappa shape index (κ2) is 4.85. The van der Waals surface area contributed by atoms with E-state index in [4.69, 9.17) is 0 Å². The van der Waals surface area contributed by atoms with Gasteiger partial charge in [0.15, 0.2) is 0 Å². The zero-order valence-electron chi connectivity index (χ0n) is 12.8. The van der Waals surface area contributed by atoms with E-state index in [1.165, 1.54) is 33.4 Å². The summed E-state index contributed by atoms with van der Waals surface area (Å²) < 4.78 is 0. The van der Waals surface area contributed by atoms with E-state index in [0.29, 0.717) is 0 Å². The molecule has 0 unspecified atom stereocenters. The van der Waals surface area contributed by atoms with E-state index in [9.17, 15) is 0 Å². The summed E-state index contributed by atoms with van der Waals surface area (Å²) in [6.07, 6.45) is 0. The maximum absolute atomic E-state index is 3.35. The van der Waals surface area contributed by atoms with Gasteiger partial charge in [-0.05, 0) is 73.2 Å². The molecule has 0 saturated carbocycles. The molecule has 2 aromatic rings. The van der Waals surface area contributed by atoms with E-state index in [2.05, 4.69) is 77.9 Å². The summed E-state index contributed by atoms with van der Waals surface area (Å²) in [7, 11) is 0. The van der Waals surface area contributed by atoms with Gasteiger partial charge in [0.1, 0.15) is 0 Å². The van der Waals surface area contributed by atoms with Crippen molar-refractivity contribution in [1.29, 1.82) is 0 Å². The summed E-state index contributed by atoms with van der Waals surface area (Å²) in [5.74, 6) is 0. The Hall–Kier alpha value is -1.56. The second-order valence-corrected chi connectivity index (χ2v) is 6.10. The zero-order valence-corrected chi connectivity index (χ0v) is 12.8. The van der Waals surface area contributed by atoms with Gasteiger partial charge >= 0.3 is 0 Å². The van der Waals surface area contributed by atoms with Gasteiger partial charge in [-0.1, -0.05) is 38.1 Å². The van der Waals surface area contributed by atoms with Crippen molar-refractivity contribution in [3.63, 3.8) is 0 Å². The summed E-state index contributed by atoms with van der Waals surface area (Å²) in [6, 6.07) is 15.7. The fraction of sp³-hybridized carbons (Fsp3) is 0.368. The van der Waals surface area contributed by atoms with Crippen molar-refractivity contribution >= 4 is 0 Å². The number of hydrogen-bond donors (Lipinski definition) is 0. The highest BCUT2D eigenvalue weighted by Gasteiger charge is 2.24. The molecule has 0 aromatic heterocycles. The van der Waals surface area contributed by atoms with Gasteiger partial charge in [0.25, 0.3) is 0 Å². The summed E-state index contributed by atoms with van der Waals surface area (Å²) in [4.78, 5) is 0. The Morgan fingerprint density at radius 1 is 0.632 bits per heavy atom. The molecule has 2 aromatic carbocycles. The molecule has 2 radical (unpaired) electrons. The van der Waals surface area contributed by atoms with Gasteiger partial charge in [-0.25, -0.2) is 0 Å². The minimum atomic E-state index is 0.00917. The monoisotopic (exact) mass is 250 g/mol. The van der Waals surface area contributed by atoms with Crippen molar-refractivity contribution in [2.24, 2.45) is 0 Å². The predicted molar refractivity (Wildman–Crippen MR) is 81.6 cm³/mol. The van der Waals surface area contributed by atoms with E-state index in [1.54, 1.807) is 0 Å². The van der Waals surface area contributed by atoms with Crippen LogP contribution in [-0.2, 0) is 5.41 Å². The van der Waals surface area contributed by atoms with E-state index >= 15 is 0 Å². The van der Waals surface area contributed by atoms with Gasteiger partial charge in [0.2, 0.25) is 0 Å². The largest absolute Gasteiger partial charge is 0.0546 e. The van der Waals surface area contributed by atoms with Crippen LogP contribution in [0.25, 0.3) is 0 Å². The molecule has 0 bridgehead atoms. The molecule has 0 atom stereocenters. The van der Waals surface area contributed by atoms with E-state index in [-0.39, 0.29) is 5.41 Å². The third-order valence-corrected chi connectivity index (χ3v) is 3.72. The predicted octanol–water partition coefficient (Wildman–Crippen LogP) is 4.85. The number of benzene rings is 2. The molecule has 19 heavy (non-hydrogen) atoms. The van der Waals surface area contributed by atoms with Gasteiger partial charge in [-0.15, -0.1) is 0 Å². The molecule has 0 aliphatic carbocycles. The molecular formula is C19H22. The molecule has 0 aliphatic heterocycles. The van der Waals surface area contributed by atoms with Gasteiger partial charge in [0, 0.05) is 5.41 Å². The van der Waals surface area contributed by atoms with Gasteiger partial charge in [-0.2, -0.15) is 0 Å². The lowest BCUT2D eigenvalue weighted by molar-refractivity contribution is 0.638. The Morgan fingerprint density at radius 3 is 1.16 bits per heavy atom. The fourth-order valence-electron chi connectivity index (χ4n) is 2.67. The standard InChI is InChI=1S/C19H22/c1-13-7-14(2)10-17(9-13)19(5,6)18-11-15(3)8-16(4)12-18/h9-12H,1-6H3. The second-order valence-electron chi connectivity index (χ2n) is 6.10. The summed E-state index contributed by atoms with van der Waals surface area (Å²) in [6.45, 7) is 13.0. The molecule has 0 heteroatoms. The molecule has 0 N–H and O–H groups in total. The average Bonchev–Trinajstić information content (AvgIpc) is 2.26. The van der Waals surface area contributed by atoms with Crippen LogP contribution in [0.5, 0.6) is 0 Å². The Morgan fingerprint density at radius 2 is 0.895 bits per heavy atom. The fourth-order valence-corrected chi connectivity index (χ4v) is 2.67. The first-order chi connectivity index (χ1) is 8.79. The smallest absolute Gasteiger partial charge is 0.0146 e. The quantitative estimate of drug-likeness (QED) is 0.715. The molecule has 2 rings (SSSR count). The van der Waals surface area contributed by atoms with E-state index in [1.807, 2.05) is 0 Å². The SMILES string of the molecule is Cc1[c]c(C)cc(C(C)(C)c2cc(C)[c]c(C)c2)c1. The van der Waals surface area contributed by atoms with Gasteiger partial charge < -0.3 is 0 Å². The molecule has 0 nitrogen and oxygen atoms in total. The first kappa shape index (κ1) is 13.9. The van der Waals surface area contributed by atoms with Crippen molar-refractivity contribution in [2.45, 2.75) is 47.0 Å². The van der Waals surface area contributed by atoms with Crippen LogP contribution in [0, 0.1) is 39.8 Å². The van der Waals surface area contributed by atoms with Crippen molar-refractivity contribution in [3.8, 4) is 0 Å². The summed E-state index contributed by atoms with van der Waals surface area (Å²) in [5, 5.41) is 0. The van der Waals surface area contributed by atoms with E-state index in [0.717, 1.165) is 0 Å². The normalized spacial score (nSPS) is 11.7. The average molecular weight is 250 g/mol. The number of rotatable bonds is 2. The molecule has 98 valence electrons. The molecule has 0 saturated heterocycles. The van der Waals surface area contributed by atoms with Crippen LogP contribution in [0.3, 0.4) is 0 Å². The van der Waals surface area contributed by atoms with Gasteiger partial charge in [0.05, 0.1) is 0 Å². The molecule has 0 amide bonds. The zero-order chi connectivity index (χ0) is 14.2. The Labute approximate surface area is 117 Å². The van der Waals surface area contributed by atoms with Crippen LogP contribution in [0.15, 0.2) is 24.3 Å². The minimum absolute atomic E-state index is 0.00917. The highest BCUT2D eigenvalue weighted by Crippen LogP contribution is 2.33. The third-order valence-electron chi connectivity index (χ3n) is 3.72. The molecule has 0 fully saturated rings. The Bertz CT molecular complexity index is 509. The molecular weight excluding hydrogens is 228 g/mol. The van der Waals surface area contributed by atoms with Crippen molar-refractivity contribution < 1.29 is 0 Å². The lowest BCUT2D eigenvalue weighted by atomic mass is 9.76. The number of hydrogen-bond acceptors (Lipinski definition) is 0. The maximum Gasteiger partial charge on any atom is 0.0146 e.